The summed E-state index contributed by atoms with van der Waals surface area (Å²) in [5.41, 5.74) is 0.556. The van der Waals surface area contributed by atoms with Gasteiger partial charge < -0.3 is 0 Å². The number of aryl methyl sites for hydroxylation is 1. The second-order valence-electron chi connectivity index (χ2n) is 5.82. The number of non-ortho nitro benzene ring substituents is 1. The van der Waals surface area contributed by atoms with Gasteiger partial charge in [-0.25, -0.2) is 18.7 Å². The number of pyridine rings is 1. The number of rotatable bonds is 3. The lowest BCUT2D eigenvalue weighted by Gasteiger charge is -2.05. The Morgan fingerprint density at radius 2 is 1.96 bits per heavy atom. The molecule has 4 aromatic rings. The van der Waals surface area contributed by atoms with Crippen molar-refractivity contribution in [3.05, 3.63) is 68.4 Å². The third-order valence-electron chi connectivity index (χ3n) is 4.13. The Hall–Kier alpha value is -3.27. The first-order chi connectivity index (χ1) is 12.9. The molecule has 0 aliphatic rings. The van der Waals surface area contributed by atoms with Gasteiger partial charge in [-0.05, 0) is 30.7 Å². The van der Waals surface area contributed by atoms with Crippen LogP contribution in [0.15, 0.2) is 41.5 Å². The topological polar surface area (TPSA) is 90.9 Å². The summed E-state index contributed by atoms with van der Waals surface area (Å²) in [6.07, 6.45) is -1.39. The van der Waals surface area contributed by atoms with Crippen LogP contribution < -0.4 is 5.56 Å². The molecule has 0 fully saturated rings. The molecule has 0 aliphatic heterocycles. The maximum absolute atomic E-state index is 13.0. The molecule has 0 amide bonds. The van der Waals surface area contributed by atoms with Crippen LogP contribution in [-0.2, 0) is 0 Å². The maximum atomic E-state index is 13.0. The molecule has 0 saturated heterocycles. The van der Waals surface area contributed by atoms with Gasteiger partial charge >= 0.3 is 0 Å². The Bertz CT molecular complexity index is 1270. The van der Waals surface area contributed by atoms with E-state index in [0.29, 0.717) is 27.0 Å². The van der Waals surface area contributed by atoms with E-state index in [2.05, 4.69) is 9.97 Å². The lowest BCUT2D eigenvalue weighted by Crippen LogP contribution is -2.17. The molecule has 0 saturated carbocycles. The lowest BCUT2D eigenvalue weighted by atomic mass is 10.1. The molecule has 0 atom stereocenters. The van der Waals surface area contributed by atoms with E-state index in [1.54, 1.807) is 6.92 Å². The van der Waals surface area contributed by atoms with Crippen molar-refractivity contribution in [3.63, 3.8) is 0 Å². The molecule has 0 bridgehead atoms. The first-order valence-corrected chi connectivity index (χ1v) is 8.53. The number of nitrogens with zero attached hydrogens (tertiary/aromatic N) is 4. The van der Waals surface area contributed by atoms with Crippen molar-refractivity contribution in [2.45, 2.75) is 13.3 Å². The third kappa shape index (κ3) is 2.74. The molecule has 27 heavy (non-hydrogen) atoms. The van der Waals surface area contributed by atoms with Gasteiger partial charge in [0.05, 0.1) is 16.1 Å². The summed E-state index contributed by atoms with van der Waals surface area (Å²) in [4.78, 5) is 31.7. The minimum absolute atomic E-state index is 0.0953. The summed E-state index contributed by atoms with van der Waals surface area (Å²) in [6, 6.07) is 6.76. The fourth-order valence-corrected chi connectivity index (χ4v) is 4.01. The lowest BCUT2D eigenvalue weighted by molar-refractivity contribution is -0.384. The zero-order valence-electron chi connectivity index (χ0n) is 13.7. The van der Waals surface area contributed by atoms with E-state index in [0.717, 1.165) is 11.3 Å². The molecule has 7 nitrogen and oxygen atoms in total. The fourth-order valence-electron chi connectivity index (χ4n) is 2.86. The highest BCUT2D eigenvalue weighted by Gasteiger charge is 2.18. The van der Waals surface area contributed by atoms with Crippen LogP contribution in [0.1, 0.15) is 17.7 Å². The van der Waals surface area contributed by atoms with Gasteiger partial charge in [0.2, 0.25) is 0 Å². The number of benzene rings is 1. The summed E-state index contributed by atoms with van der Waals surface area (Å²) >= 11 is 1.00. The van der Waals surface area contributed by atoms with Crippen molar-refractivity contribution in [1.29, 1.82) is 0 Å². The number of nitro groups is 1. The zero-order valence-corrected chi connectivity index (χ0v) is 14.5. The number of halogens is 2. The normalized spacial score (nSPS) is 11.6. The highest BCUT2D eigenvalue weighted by atomic mass is 32.1. The second-order valence-corrected chi connectivity index (χ2v) is 6.82. The Morgan fingerprint density at radius 3 is 2.59 bits per heavy atom. The molecule has 0 unspecified atom stereocenters. The molecular weight excluding hydrogens is 378 g/mol. The van der Waals surface area contributed by atoms with Crippen molar-refractivity contribution in [2.75, 3.05) is 0 Å². The smallest absolute Gasteiger partial charge is 0.267 e. The summed E-state index contributed by atoms with van der Waals surface area (Å²) in [7, 11) is 0. The minimum atomic E-state index is -2.71. The van der Waals surface area contributed by atoms with E-state index in [1.165, 1.54) is 41.2 Å². The zero-order chi connectivity index (χ0) is 19.3. The van der Waals surface area contributed by atoms with Gasteiger partial charge in [0.25, 0.3) is 17.7 Å². The van der Waals surface area contributed by atoms with Crippen LogP contribution >= 0.6 is 11.3 Å². The highest BCUT2D eigenvalue weighted by molar-refractivity contribution is 7.25. The largest absolute Gasteiger partial charge is 0.280 e. The molecule has 3 heterocycles. The van der Waals surface area contributed by atoms with Crippen LogP contribution in [0, 0.1) is 17.0 Å². The van der Waals surface area contributed by atoms with Gasteiger partial charge in [0.15, 0.2) is 0 Å². The average molecular weight is 388 g/mol. The van der Waals surface area contributed by atoms with E-state index >= 15 is 0 Å². The Kier molecular flexibility index (Phi) is 3.92. The molecule has 4 rings (SSSR count). The fraction of sp³-hybridized carbons (Fsp3) is 0.118. The molecular formula is C17H10F2N4O3S. The maximum Gasteiger partial charge on any atom is 0.280 e. The average Bonchev–Trinajstić information content (AvgIpc) is 3.02. The highest BCUT2D eigenvalue weighted by Crippen LogP contribution is 2.33. The van der Waals surface area contributed by atoms with Crippen LogP contribution in [-0.4, -0.2) is 19.5 Å². The summed E-state index contributed by atoms with van der Waals surface area (Å²) in [5, 5.41) is 11.3. The van der Waals surface area contributed by atoms with E-state index < -0.39 is 16.9 Å². The van der Waals surface area contributed by atoms with E-state index in [4.69, 9.17) is 0 Å². The predicted octanol–water partition coefficient (Wildman–Crippen LogP) is 4.15. The van der Waals surface area contributed by atoms with E-state index in [9.17, 15) is 23.7 Å². The number of nitro benzene ring substituents is 1. The first kappa shape index (κ1) is 17.2. The summed E-state index contributed by atoms with van der Waals surface area (Å²) in [6.45, 7) is 1.67. The van der Waals surface area contributed by atoms with Crippen LogP contribution in [0.4, 0.5) is 14.5 Å². The Balaban J connectivity index is 1.94. The van der Waals surface area contributed by atoms with E-state index in [1.807, 2.05) is 0 Å². The van der Waals surface area contributed by atoms with Gasteiger partial charge in [-0.3, -0.25) is 19.5 Å². The summed E-state index contributed by atoms with van der Waals surface area (Å²) < 4.78 is 27.5. The number of hydrogen-bond acceptors (Lipinski definition) is 6. The third-order valence-corrected chi connectivity index (χ3v) is 5.19. The quantitative estimate of drug-likeness (QED) is 0.388. The molecule has 3 aromatic heterocycles. The standard InChI is InChI=1S/C17H10F2N4O3S/c1-8-6-11(15(18)19)21-16-12(8)13-14(27-16)17(24)22(7-20-13)9-2-4-10(5-3-9)23(25)26/h2-7,15H,1H3. The van der Waals surface area contributed by atoms with E-state index in [-0.39, 0.29) is 16.1 Å². The minimum Gasteiger partial charge on any atom is -0.267 e. The Labute approximate surface area is 153 Å². The van der Waals surface area contributed by atoms with Crippen LogP contribution in [0.3, 0.4) is 0 Å². The molecule has 1 aromatic carbocycles. The van der Waals surface area contributed by atoms with Crippen molar-refractivity contribution in [3.8, 4) is 5.69 Å². The SMILES string of the molecule is Cc1cc(C(F)F)nc2sc3c(=O)n(-c4ccc([N+](=O)[O-])cc4)cnc3c12. The number of aromatic nitrogens is 3. The van der Waals surface area contributed by atoms with Crippen molar-refractivity contribution >= 4 is 37.5 Å². The van der Waals surface area contributed by atoms with Crippen molar-refractivity contribution in [1.82, 2.24) is 14.5 Å². The Morgan fingerprint density at radius 1 is 1.26 bits per heavy atom. The van der Waals surface area contributed by atoms with Crippen molar-refractivity contribution < 1.29 is 13.7 Å². The predicted molar refractivity (Wildman–Crippen MR) is 96.9 cm³/mol. The van der Waals surface area contributed by atoms with Crippen LogP contribution in [0.2, 0.25) is 0 Å². The van der Waals surface area contributed by atoms with Gasteiger partial charge in [0.1, 0.15) is 21.6 Å². The van der Waals surface area contributed by atoms with Crippen molar-refractivity contribution in [2.24, 2.45) is 0 Å². The molecule has 0 N–H and O–H groups in total. The molecule has 0 aliphatic carbocycles. The number of thiophene rings is 1. The van der Waals surface area contributed by atoms with Gasteiger partial charge in [-0.2, -0.15) is 0 Å². The van der Waals surface area contributed by atoms with Gasteiger partial charge in [-0.1, -0.05) is 0 Å². The first-order valence-electron chi connectivity index (χ1n) is 7.71. The molecule has 0 spiro atoms. The number of alkyl halides is 2. The summed E-state index contributed by atoms with van der Waals surface area (Å²) in [5.74, 6) is 0. The number of hydrogen-bond donors (Lipinski definition) is 0. The second kappa shape index (κ2) is 6.16. The van der Waals surface area contributed by atoms with Gasteiger partial charge in [-0.15, -0.1) is 11.3 Å². The van der Waals surface area contributed by atoms with Crippen LogP contribution in [0.5, 0.6) is 0 Å². The van der Waals surface area contributed by atoms with Gasteiger partial charge in [0, 0.05) is 17.5 Å². The monoisotopic (exact) mass is 388 g/mol. The molecule has 0 radical (unpaired) electrons. The molecule has 136 valence electrons. The number of fused-ring (bicyclic) bond motifs is 3. The molecule has 10 heteroatoms. The van der Waals surface area contributed by atoms with Crippen LogP contribution in [0.25, 0.3) is 26.1 Å².